The third-order valence-corrected chi connectivity index (χ3v) is 2.49. The van der Waals surface area contributed by atoms with Gasteiger partial charge in [-0.2, -0.15) is 0 Å². The summed E-state index contributed by atoms with van der Waals surface area (Å²) < 4.78 is 19.0. The zero-order chi connectivity index (χ0) is 10.1. The van der Waals surface area contributed by atoms with Crippen LogP contribution in [0.4, 0.5) is 4.39 Å². The van der Waals surface area contributed by atoms with Crippen LogP contribution in [0, 0.1) is 0 Å². The van der Waals surface area contributed by atoms with Crippen LogP contribution in [-0.4, -0.2) is 42.9 Å². The van der Waals surface area contributed by atoms with Crippen molar-refractivity contribution >= 4 is 0 Å². The maximum absolute atomic E-state index is 13.5. The molecule has 0 radical (unpaired) electrons. The lowest BCUT2D eigenvalue weighted by Gasteiger charge is -2.19. The molecule has 0 aromatic rings. The summed E-state index contributed by atoms with van der Waals surface area (Å²) in [7, 11) is 1.96. The van der Waals surface area contributed by atoms with E-state index in [4.69, 9.17) is 4.74 Å². The van der Waals surface area contributed by atoms with Crippen molar-refractivity contribution in [2.75, 3.05) is 20.2 Å². The molecule has 2 nitrogen and oxygen atoms in total. The van der Waals surface area contributed by atoms with Crippen molar-refractivity contribution in [3.05, 3.63) is 0 Å². The van der Waals surface area contributed by atoms with E-state index in [1.807, 2.05) is 25.8 Å². The Morgan fingerprint density at radius 2 is 2.23 bits per heavy atom. The second kappa shape index (κ2) is 3.93. The van der Waals surface area contributed by atoms with Crippen LogP contribution in [0.25, 0.3) is 0 Å². The molecule has 0 saturated carbocycles. The fourth-order valence-electron chi connectivity index (χ4n) is 1.85. The normalized spacial score (nSPS) is 36.0. The number of rotatable bonds is 3. The van der Waals surface area contributed by atoms with Gasteiger partial charge in [-0.15, -0.1) is 0 Å². The first-order valence-corrected chi connectivity index (χ1v) is 4.91. The fraction of sp³-hybridized carbons (Fsp3) is 1.00. The highest BCUT2D eigenvalue weighted by Gasteiger charge is 2.38. The van der Waals surface area contributed by atoms with Gasteiger partial charge in [0.05, 0.1) is 12.7 Å². The van der Waals surface area contributed by atoms with Crippen LogP contribution in [0.15, 0.2) is 0 Å². The molecule has 78 valence electrons. The van der Waals surface area contributed by atoms with E-state index in [1.54, 1.807) is 6.92 Å². The molecule has 1 saturated heterocycles. The molecule has 1 fully saturated rings. The minimum atomic E-state index is -1.03. The van der Waals surface area contributed by atoms with Gasteiger partial charge in [0.1, 0.15) is 5.67 Å². The van der Waals surface area contributed by atoms with Gasteiger partial charge in [-0.05, 0) is 27.8 Å². The van der Waals surface area contributed by atoms with Crippen LogP contribution in [-0.2, 0) is 4.74 Å². The standard InChI is InChI=1S/C10H20FNO/c1-8(2)13-6-9-5-10(3,11)7-12(9)4/h8-9H,5-7H2,1-4H3/t9-,10-/m0/s1. The summed E-state index contributed by atoms with van der Waals surface area (Å²) in [5.41, 5.74) is -1.03. The molecule has 2 atom stereocenters. The molecule has 0 aromatic carbocycles. The van der Waals surface area contributed by atoms with Gasteiger partial charge >= 0.3 is 0 Å². The molecular weight excluding hydrogens is 169 g/mol. The Balaban J connectivity index is 2.35. The van der Waals surface area contributed by atoms with Crippen LogP contribution < -0.4 is 0 Å². The summed E-state index contributed by atoms with van der Waals surface area (Å²) in [6.45, 7) is 6.85. The minimum Gasteiger partial charge on any atom is -0.377 e. The predicted molar refractivity (Wildman–Crippen MR) is 51.6 cm³/mol. The van der Waals surface area contributed by atoms with Crippen LogP contribution in [0.2, 0.25) is 0 Å². The molecule has 0 aliphatic carbocycles. The van der Waals surface area contributed by atoms with E-state index in [-0.39, 0.29) is 12.1 Å². The number of halogens is 1. The van der Waals surface area contributed by atoms with Gasteiger partial charge in [-0.3, -0.25) is 4.90 Å². The van der Waals surface area contributed by atoms with E-state index in [1.165, 1.54) is 0 Å². The van der Waals surface area contributed by atoms with Gasteiger partial charge in [-0.1, -0.05) is 0 Å². The van der Waals surface area contributed by atoms with E-state index in [9.17, 15) is 4.39 Å². The first kappa shape index (κ1) is 10.9. The Hall–Kier alpha value is -0.150. The molecule has 1 rings (SSSR count). The Morgan fingerprint density at radius 3 is 2.62 bits per heavy atom. The third kappa shape index (κ3) is 3.24. The summed E-state index contributed by atoms with van der Waals surface area (Å²) in [6.07, 6.45) is 0.829. The molecule has 0 bridgehead atoms. The van der Waals surface area contributed by atoms with Crippen molar-refractivity contribution in [2.24, 2.45) is 0 Å². The molecule has 0 spiro atoms. The number of hydrogen-bond donors (Lipinski definition) is 0. The molecule has 1 aliphatic rings. The lowest BCUT2D eigenvalue weighted by Crippen LogP contribution is -2.30. The van der Waals surface area contributed by atoms with Gasteiger partial charge in [0.2, 0.25) is 0 Å². The molecule has 1 aliphatic heterocycles. The van der Waals surface area contributed by atoms with Crippen molar-refractivity contribution in [1.82, 2.24) is 4.90 Å². The highest BCUT2D eigenvalue weighted by Crippen LogP contribution is 2.29. The molecule has 0 N–H and O–H groups in total. The Kier molecular flexibility index (Phi) is 3.30. The smallest absolute Gasteiger partial charge is 0.122 e. The number of likely N-dealkylation sites (N-methyl/N-ethyl adjacent to an activating group) is 1. The first-order chi connectivity index (χ1) is 5.91. The summed E-state index contributed by atoms with van der Waals surface area (Å²) in [5.74, 6) is 0. The van der Waals surface area contributed by atoms with Crippen molar-refractivity contribution in [3.8, 4) is 0 Å². The molecule has 1 heterocycles. The highest BCUT2D eigenvalue weighted by atomic mass is 19.1. The van der Waals surface area contributed by atoms with Gasteiger partial charge in [-0.25, -0.2) is 4.39 Å². The largest absolute Gasteiger partial charge is 0.377 e. The number of likely N-dealkylation sites (tertiary alicyclic amines) is 1. The second-order valence-electron chi connectivity index (χ2n) is 4.57. The number of nitrogens with zero attached hydrogens (tertiary/aromatic N) is 1. The van der Waals surface area contributed by atoms with E-state index >= 15 is 0 Å². The quantitative estimate of drug-likeness (QED) is 0.671. The van der Waals surface area contributed by atoms with Crippen LogP contribution >= 0.6 is 0 Å². The van der Waals surface area contributed by atoms with Crippen LogP contribution in [0.1, 0.15) is 27.2 Å². The van der Waals surface area contributed by atoms with E-state index in [0.29, 0.717) is 19.6 Å². The summed E-state index contributed by atoms with van der Waals surface area (Å²) >= 11 is 0. The van der Waals surface area contributed by atoms with Crippen molar-refractivity contribution in [2.45, 2.75) is 45.0 Å². The van der Waals surface area contributed by atoms with Crippen molar-refractivity contribution in [1.29, 1.82) is 0 Å². The average molecular weight is 189 g/mol. The van der Waals surface area contributed by atoms with Crippen LogP contribution in [0.3, 0.4) is 0 Å². The Labute approximate surface area is 80.1 Å². The average Bonchev–Trinajstić information content (AvgIpc) is 2.20. The number of ether oxygens (including phenoxy) is 1. The lowest BCUT2D eigenvalue weighted by molar-refractivity contribution is 0.0428. The van der Waals surface area contributed by atoms with Gasteiger partial charge in [0.15, 0.2) is 0 Å². The predicted octanol–water partition coefficient (Wildman–Crippen LogP) is 1.84. The maximum Gasteiger partial charge on any atom is 0.122 e. The zero-order valence-electron chi connectivity index (χ0n) is 9.01. The summed E-state index contributed by atoms with van der Waals surface area (Å²) in [4.78, 5) is 2.04. The topological polar surface area (TPSA) is 12.5 Å². The zero-order valence-corrected chi connectivity index (χ0v) is 9.01. The van der Waals surface area contributed by atoms with Crippen LogP contribution in [0.5, 0.6) is 0 Å². The first-order valence-electron chi connectivity index (χ1n) is 4.91. The highest BCUT2D eigenvalue weighted by molar-refractivity contribution is 4.92. The second-order valence-corrected chi connectivity index (χ2v) is 4.57. The monoisotopic (exact) mass is 189 g/mol. The third-order valence-electron chi connectivity index (χ3n) is 2.49. The SMILES string of the molecule is CC(C)OC[C@@H]1C[C@](C)(F)CN1C. The molecular formula is C10H20FNO. The maximum atomic E-state index is 13.5. The molecule has 3 heteroatoms. The van der Waals surface area contributed by atoms with E-state index < -0.39 is 5.67 Å². The molecule has 13 heavy (non-hydrogen) atoms. The van der Waals surface area contributed by atoms with Gasteiger partial charge < -0.3 is 4.74 Å². The lowest BCUT2D eigenvalue weighted by atomic mass is 10.1. The van der Waals surface area contributed by atoms with Gasteiger partial charge in [0, 0.05) is 19.0 Å². The minimum absolute atomic E-state index is 0.236. The molecule has 0 amide bonds. The number of hydrogen-bond acceptors (Lipinski definition) is 2. The number of alkyl halides is 1. The van der Waals surface area contributed by atoms with E-state index in [0.717, 1.165) is 0 Å². The van der Waals surface area contributed by atoms with E-state index in [2.05, 4.69) is 0 Å². The fourth-order valence-corrected chi connectivity index (χ4v) is 1.85. The van der Waals surface area contributed by atoms with Gasteiger partial charge in [0.25, 0.3) is 0 Å². The molecule has 0 unspecified atom stereocenters. The van der Waals surface area contributed by atoms with Crippen molar-refractivity contribution < 1.29 is 9.13 Å². The summed E-state index contributed by atoms with van der Waals surface area (Å²) in [6, 6.07) is 0.248. The summed E-state index contributed by atoms with van der Waals surface area (Å²) in [5, 5.41) is 0. The Morgan fingerprint density at radius 1 is 1.62 bits per heavy atom. The molecule has 0 aromatic heterocycles. The van der Waals surface area contributed by atoms with Crippen molar-refractivity contribution in [3.63, 3.8) is 0 Å². The Bertz CT molecular complexity index is 170.